The molecule has 0 aliphatic heterocycles. The summed E-state index contributed by atoms with van der Waals surface area (Å²) in [7, 11) is 1.46. The van der Waals surface area contributed by atoms with Crippen LogP contribution in [0, 0.1) is 0 Å². The molecule has 0 aliphatic carbocycles. The van der Waals surface area contributed by atoms with E-state index in [1.54, 1.807) is 18.2 Å². The standard InChI is InChI=1S/C15H13ClO4S/c1-20-11-5-9(14(15(18)19)13(17)7-11)8-21-12-4-2-3-10(16)6-12/h2-7,17H,8H2,1H3,(H,18,19). The van der Waals surface area contributed by atoms with Crippen molar-refractivity contribution < 1.29 is 19.7 Å². The number of phenols is 1. The Kier molecular flexibility index (Phi) is 4.98. The molecule has 0 atom stereocenters. The number of aromatic hydroxyl groups is 1. The highest BCUT2D eigenvalue weighted by Gasteiger charge is 2.17. The monoisotopic (exact) mass is 324 g/mol. The Morgan fingerprint density at radius 1 is 1.33 bits per heavy atom. The second kappa shape index (κ2) is 6.74. The summed E-state index contributed by atoms with van der Waals surface area (Å²) in [4.78, 5) is 12.2. The van der Waals surface area contributed by atoms with Crippen molar-refractivity contribution in [2.45, 2.75) is 10.6 Å². The van der Waals surface area contributed by atoms with Gasteiger partial charge in [-0.3, -0.25) is 0 Å². The van der Waals surface area contributed by atoms with E-state index in [4.69, 9.17) is 16.3 Å². The summed E-state index contributed by atoms with van der Waals surface area (Å²) in [5, 5.41) is 19.7. The predicted molar refractivity (Wildman–Crippen MR) is 82.6 cm³/mol. The van der Waals surface area contributed by atoms with E-state index in [-0.39, 0.29) is 11.3 Å². The number of carboxylic acid groups (broad SMARTS) is 1. The van der Waals surface area contributed by atoms with E-state index in [2.05, 4.69) is 0 Å². The van der Waals surface area contributed by atoms with Crippen LogP contribution in [0.2, 0.25) is 5.02 Å². The van der Waals surface area contributed by atoms with Gasteiger partial charge in [-0.05, 0) is 29.8 Å². The van der Waals surface area contributed by atoms with Gasteiger partial charge in [0.05, 0.1) is 7.11 Å². The molecular formula is C15H13ClO4S. The maximum atomic E-state index is 11.3. The lowest BCUT2D eigenvalue weighted by molar-refractivity contribution is 0.0693. The van der Waals surface area contributed by atoms with Crippen molar-refractivity contribution in [2.75, 3.05) is 7.11 Å². The van der Waals surface area contributed by atoms with E-state index in [0.717, 1.165) is 4.90 Å². The quantitative estimate of drug-likeness (QED) is 0.812. The normalized spacial score (nSPS) is 10.4. The number of carbonyl (C=O) groups is 1. The highest BCUT2D eigenvalue weighted by molar-refractivity contribution is 7.98. The molecule has 2 rings (SSSR count). The first-order chi connectivity index (χ1) is 10.0. The van der Waals surface area contributed by atoms with Gasteiger partial charge in [0.1, 0.15) is 17.1 Å². The number of thioether (sulfide) groups is 1. The number of halogens is 1. The summed E-state index contributed by atoms with van der Waals surface area (Å²) in [6.07, 6.45) is 0. The van der Waals surface area contributed by atoms with Crippen molar-refractivity contribution in [1.29, 1.82) is 0 Å². The molecule has 2 aromatic carbocycles. The highest BCUT2D eigenvalue weighted by Crippen LogP contribution is 2.33. The van der Waals surface area contributed by atoms with Crippen LogP contribution in [0.4, 0.5) is 0 Å². The first-order valence-corrected chi connectivity index (χ1v) is 7.39. The van der Waals surface area contributed by atoms with Crippen molar-refractivity contribution in [3.8, 4) is 11.5 Å². The number of methoxy groups -OCH3 is 1. The van der Waals surface area contributed by atoms with E-state index >= 15 is 0 Å². The molecule has 0 saturated heterocycles. The van der Waals surface area contributed by atoms with Crippen molar-refractivity contribution in [3.63, 3.8) is 0 Å². The Labute approximate surface area is 131 Å². The summed E-state index contributed by atoms with van der Waals surface area (Å²) in [5.41, 5.74) is 0.384. The fourth-order valence-electron chi connectivity index (χ4n) is 1.85. The largest absolute Gasteiger partial charge is 0.507 e. The Morgan fingerprint density at radius 3 is 2.71 bits per heavy atom. The second-order valence-corrected chi connectivity index (χ2v) is 5.72. The molecule has 2 N–H and O–H groups in total. The molecule has 4 nitrogen and oxygen atoms in total. The molecule has 0 spiro atoms. The molecule has 0 saturated carbocycles. The Balaban J connectivity index is 2.29. The van der Waals surface area contributed by atoms with Crippen molar-refractivity contribution >= 4 is 29.3 Å². The van der Waals surface area contributed by atoms with Crippen LogP contribution in [0.15, 0.2) is 41.3 Å². The lowest BCUT2D eigenvalue weighted by Crippen LogP contribution is -2.03. The van der Waals surface area contributed by atoms with Crippen LogP contribution in [0.5, 0.6) is 11.5 Å². The third-order valence-electron chi connectivity index (χ3n) is 2.81. The Bertz CT molecular complexity index is 673. The van der Waals surface area contributed by atoms with Crippen LogP contribution in [0.3, 0.4) is 0 Å². The molecule has 0 bridgehead atoms. The molecule has 0 aliphatic rings. The molecule has 2 aromatic rings. The van der Waals surface area contributed by atoms with E-state index in [1.165, 1.54) is 24.9 Å². The Hall–Kier alpha value is -1.85. The molecule has 0 amide bonds. The van der Waals surface area contributed by atoms with Crippen molar-refractivity contribution in [3.05, 3.63) is 52.5 Å². The molecule has 0 aromatic heterocycles. The zero-order valence-corrected chi connectivity index (χ0v) is 12.7. The van der Waals surface area contributed by atoms with Gasteiger partial charge in [-0.2, -0.15) is 0 Å². The topological polar surface area (TPSA) is 66.8 Å². The van der Waals surface area contributed by atoms with Gasteiger partial charge in [-0.15, -0.1) is 11.8 Å². The van der Waals surface area contributed by atoms with Gasteiger partial charge in [0.25, 0.3) is 0 Å². The van der Waals surface area contributed by atoms with Gasteiger partial charge < -0.3 is 14.9 Å². The molecule has 21 heavy (non-hydrogen) atoms. The third kappa shape index (κ3) is 3.83. The summed E-state index contributed by atoms with van der Waals surface area (Å²) in [5.74, 6) is -0.674. The summed E-state index contributed by atoms with van der Waals surface area (Å²) in [6, 6.07) is 10.2. The maximum absolute atomic E-state index is 11.3. The Morgan fingerprint density at radius 2 is 2.10 bits per heavy atom. The minimum absolute atomic E-state index is 0.106. The van der Waals surface area contributed by atoms with Gasteiger partial charge >= 0.3 is 5.97 Å². The lowest BCUT2D eigenvalue weighted by Gasteiger charge is -2.10. The van der Waals surface area contributed by atoms with Crippen LogP contribution in [0.1, 0.15) is 15.9 Å². The number of carboxylic acids is 1. The fourth-order valence-corrected chi connectivity index (χ4v) is 3.04. The van der Waals surface area contributed by atoms with Gasteiger partial charge in [0, 0.05) is 21.7 Å². The molecule has 0 heterocycles. The van der Waals surface area contributed by atoms with Crippen LogP contribution >= 0.6 is 23.4 Å². The molecule has 6 heteroatoms. The first-order valence-electron chi connectivity index (χ1n) is 6.03. The highest BCUT2D eigenvalue weighted by atomic mass is 35.5. The maximum Gasteiger partial charge on any atom is 0.339 e. The lowest BCUT2D eigenvalue weighted by atomic mass is 10.1. The van der Waals surface area contributed by atoms with Crippen LogP contribution < -0.4 is 4.74 Å². The molecular weight excluding hydrogens is 312 g/mol. The fraction of sp³-hybridized carbons (Fsp3) is 0.133. The minimum atomic E-state index is -1.17. The molecule has 110 valence electrons. The van der Waals surface area contributed by atoms with Gasteiger partial charge in [-0.25, -0.2) is 4.79 Å². The van der Waals surface area contributed by atoms with Gasteiger partial charge in [0.15, 0.2) is 0 Å². The zero-order chi connectivity index (χ0) is 15.4. The molecule has 0 unspecified atom stereocenters. The second-order valence-electron chi connectivity index (χ2n) is 4.23. The van der Waals surface area contributed by atoms with E-state index in [0.29, 0.717) is 22.1 Å². The van der Waals surface area contributed by atoms with Crippen molar-refractivity contribution in [2.24, 2.45) is 0 Å². The summed E-state index contributed by atoms with van der Waals surface area (Å²) < 4.78 is 5.06. The first kappa shape index (κ1) is 15.5. The van der Waals surface area contributed by atoms with Gasteiger partial charge in [0.2, 0.25) is 0 Å². The predicted octanol–water partition coefficient (Wildman–Crippen LogP) is 4.04. The average molecular weight is 325 g/mol. The average Bonchev–Trinajstić information content (AvgIpc) is 2.44. The van der Waals surface area contributed by atoms with Crippen LogP contribution in [0.25, 0.3) is 0 Å². The van der Waals surface area contributed by atoms with Gasteiger partial charge in [-0.1, -0.05) is 17.7 Å². The number of hydrogen-bond donors (Lipinski definition) is 2. The minimum Gasteiger partial charge on any atom is -0.507 e. The number of ether oxygens (including phenoxy) is 1. The summed E-state index contributed by atoms with van der Waals surface area (Å²) in [6.45, 7) is 0. The number of aromatic carboxylic acids is 1. The van der Waals surface area contributed by atoms with Crippen LogP contribution in [-0.2, 0) is 5.75 Å². The van der Waals surface area contributed by atoms with E-state index < -0.39 is 5.97 Å². The third-order valence-corrected chi connectivity index (χ3v) is 4.09. The van der Waals surface area contributed by atoms with E-state index in [1.807, 2.05) is 12.1 Å². The number of hydrogen-bond acceptors (Lipinski definition) is 4. The number of rotatable bonds is 5. The smallest absolute Gasteiger partial charge is 0.339 e. The number of benzene rings is 2. The SMILES string of the molecule is COc1cc(O)c(C(=O)O)c(CSc2cccc(Cl)c2)c1. The molecule has 0 fully saturated rings. The van der Waals surface area contributed by atoms with Crippen molar-refractivity contribution in [1.82, 2.24) is 0 Å². The van der Waals surface area contributed by atoms with Crippen LogP contribution in [-0.4, -0.2) is 23.3 Å². The van der Waals surface area contributed by atoms with E-state index in [9.17, 15) is 15.0 Å². The zero-order valence-electron chi connectivity index (χ0n) is 11.2. The molecule has 0 radical (unpaired) electrons. The summed E-state index contributed by atoms with van der Waals surface area (Å²) >= 11 is 7.35.